The number of nitrogens with zero attached hydrogens (tertiary/aromatic N) is 3. The summed E-state index contributed by atoms with van der Waals surface area (Å²) in [6.07, 6.45) is 8.76. The first-order valence-electron chi connectivity index (χ1n) is 6.33. The molecule has 18 heavy (non-hydrogen) atoms. The summed E-state index contributed by atoms with van der Waals surface area (Å²) in [5.74, 6) is 0. The molecule has 2 heterocycles. The monoisotopic (exact) mass is 244 g/mol. The van der Waals surface area contributed by atoms with Crippen molar-refractivity contribution in [3.8, 4) is 0 Å². The highest BCUT2D eigenvalue weighted by atomic mass is 15.3. The molecule has 0 aliphatic carbocycles. The van der Waals surface area contributed by atoms with Crippen LogP contribution in [-0.4, -0.2) is 21.8 Å². The molecular formula is C14H20N4. The standard InChI is InChI=1S/C14H20N4/c1-4-18-10-12(8-17-18)7-14(15-3)13-9-16-6-5-11(13)2/h5-6,8-10,14-15H,4,7H2,1-3H3. The van der Waals surface area contributed by atoms with Gasteiger partial charge < -0.3 is 5.32 Å². The normalized spacial score (nSPS) is 12.6. The third-order valence-corrected chi connectivity index (χ3v) is 3.25. The van der Waals surface area contributed by atoms with Crippen LogP contribution < -0.4 is 5.32 Å². The second-order valence-corrected chi connectivity index (χ2v) is 4.48. The Labute approximate surface area is 108 Å². The SMILES string of the molecule is CCn1cc(CC(NC)c2cnccc2C)cn1. The van der Waals surface area contributed by atoms with Gasteiger partial charge in [-0.15, -0.1) is 0 Å². The molecule has 4 heteroatoms. The van der Waals surface area contributed by atoms with Crippen molar-refractivity contribution in [2.24, 2.45) is 0 Å². The lowest BCUT2D eigenvalue weighted by molar-refractivity contribution is 0.585. The molecular weight excluding hydrogens is 224 g/mol. The maximum Gasteiger partial charge on any atom is 0.0522 e. The van der Waals surface area contributed by atoms with E-state index in [0.29, 0.717) is 0 Å². The number of hydrogen-bond acceptors (Lipinski definition) is 3. The van der Waals surface area contributed by atoms with Gasteiger partial charge in [-0.3, -0.25) is 9.67 Å². The summed E-state index contributed by atoms with van der Waals surface area (Å²) < 4.78 is 1.96. The topological polar surface area (TPSA) is 42.7 Å². The van der Waals surface area contributed by atoms with Crippen LogP contribution in [-0.2, 0) is 13.0 Å². The first kappa shape index (κ1) is 12.8. The van der Waals surface area contributed by atoms with Crippen molar-refractivity contribution in [2.75, 3.05) is 7.05 Å². The van der Waals surface area contributed by atoms with Gasteiger partial charge in [-0.2, -0.15) is 5.10 Å². The number of aromatic nitrogens is 3. The Balaban J connectivity index is 2.17. The Bertz CT molecular complexity index is 504. The summed E-state index contributed by atoms with van der Waals surface area (Å²) in [6.45, 7) is 5.13. The summed E-state index contributed by atoms with van der Waals surface area (Å²) in [6, 6.07) is 2.34. The fraction of sp³-hybridized carbons (Fsp3) is 0.429. The highest BCUT2D eigenvalue weighted by Crippen LogP contribution is 2.20. The van der Waals surface area contributed by atoms with Crippen LogP contribution in [0.3, 0.4) is 0 Å². The molecule has 1 atom stereocenters. The number of rotatable bonds is 5. The Morgan fingerprint density at radius 1 is 1.39 bits per heavy atom. The second kappa shape index (κ2) is 5.78. The van der Waals surface area contributed by atoms with Gasteiger partial charge in [0.15, 0.2) is 0 Å². The predicted molar refractivity (Wildman–Crippen MR) is 72.4 cm³/mol. The fourth-order valence-corrected chi connectivity index (χ4v) is 2.13. The van der Waals surface area contributed by atoms with Crippen molar-refractivity contribution in [1.82, 2.24) is 20.1 Å². The molecule has 1 unspecified atom stereocenters. The van der Waals surface area contributed by atoms with Gasteiger partial charge >= 0.3 is 0 Å². The van der Waals surface area contributed by atoms with E-state index in [1.807, 2.05) is 30.3 Å². The number of aryl methyl sites for hydroxylation is 2. The van der Waals surface area contributed by atoms with E-state index in [9.17, 15) is 0 Å². The zero-order chi connectivity index (χ0) is 13.0. The summed E-state index contributed by atoms with van der Waals surface area (Å²) in [4.78, 5) is 4.22. The van der Waals surface area contributed by atoms with Crippen molar-refractivity contribution in [1.29, 1.82) is 0 Å². The molecule has 0 saturated heterocycles. The minimum atomic E-state index is 0.285. The maximum atomic E-state index is 4.31. The molecule has 0 aliphatic heterocycles. The van der Waals surface area contributed by atoms with Crippen molar-refractivity contribution >= 4 is 0 Å². The van der Waals surface area contributed by atoms with E-state index in [0.717, 1.165) is 13.0 Å². The van der Waals surface area contributed by atoms with Gasteiger partial charge in [0.2, 0.25) is 0 Å². The van der Waals surface area contributed by atoms with E-state index in [-0.39, 0.29) is 6.04 Å². The molecule has 0 amide bonds. The quantitative estimate of drug-likeness (QED) is 0.876. The fourth-order valence-electron chi connectivity index (χ4n) is 2.13. The molecule has 0 spiro atoms. The van der Waals surface area contributed by atoms with Crippen molar-refractivity contribution in [2.45, 2.75) is 32.9 Å². The smallest absolute Gasteiger partial charge is 0.0522 e. The average Bonchev–Trinajstić information content (AvgIpc) is 2.85. The third-order valence-electron chi connectivity index (χ3n) is 3.25. The van der Waals surface area contributed by atoms with Crippen molar-refractivity contribution < 1.29 is 0 Å². The van der Waals surface area contributed by atoms with Gasteiger partial charge in [-0.25, -0.2) is 0 Å². The molecule has 0 bridgehead atoms. The van der Waals surface area contributed by atoms with Crippen LogP contribution in [0.4, 0.5) is 0 Å². The van der Waals surface area contributed by atoms with Gasteiger partial charge in [0, 0.05) is 31.2 Å². The highest BCUT2D eigenvalue weighted by molar-refractivity contribution is 5.26. The minimum absolute atomic E-state index is 0.285. The zero-order valence-electron chi connectivity index (χ0n) is 11.2. The summed E-state index contributed by atoms with van der Waals surface area (Å²) in [5.41, 5.74) is 3.77. The van der Waals surface area contributed by atoms with Gasteiger partial charge in [0.25, 0.3) is 0 Å². The van der Waals surface area contributed by atoms with Crippen molar-refractivity contribution in [3.05, 3.63) is 47.5 Å². The number of pyridine rings is 1. The van der Waals surface area contributed by atoms with Gasteiger partial charge in [0.05, 0.1) is 6.20 Å². The Hall–Kier alpha value is -1.68. The van der Waals surface area contributed by atoms with Crippen LogP contribution in [0.1, 0.15) is 29.7 Å². The predicted octanol–water partition coefficient (Wildman–Crippen LogP) is 2.11. The van der Waals surface area contributed by atoms with Crippen LogP contribution in [0.25, 0.3) is 0 Å². The Morgan fingerprint density at radius 3 is 2.83 bits per heavy atom. The van der Waals surface area contributed by atoms with Gasteiger partial charge in [-0.1, -0.05) is 0 Å². The van der Waals surface area contributed by atoms with Crippen LogP contribution in [0.5, 0.6) is 0 Å². The van der Waals surface area contributed by atoms with E-state index >= 15 is 0 Å². The summed E-state index contributed by atoms with van der Waals surface area (Å²) >= 11 is 0. The molecule has 0 saturated carbocycles. The number of nitrogens with one attached hydrogen (secondary N) is 1. The van der Waals surface area contributed by atoms with E-state index < -0.39 is 0 Å². The van der Waals surface area contributed by atoms with E-state index in [1.165, 1.54) is 16.7 Å². The van der Waals surface area contributed by atoms with E-state index in [2.05, 4.69) is 41.5 Å². The molecule has 0 aliphatic rings. The van der Waals surface area contributed by atoms with Gasteiger partial charge in [0.1, 0.15) is 0 Å². The zero-order valence-corrected chi connectivity index (χ0v) is 11.2. The molecule has 0 aromatic carbocycles. The van der Waals surface area contributed by atoms with Crippen LogP contribution in [0, 0.1) is 6.92 Å². The average molecular weight is 244 g/mol. The van der Waals surface area contributed by atoms with Crippen molar-refractivity contribution in [3.63, 3.8) is 0 Å². The summed E-state index contributed by atoms with van der Waals surface area (Å²) in [7, 11) is 1.99. The maximum absolute atomic E-state index is 4.31. The molecule has 0 radical (unpaired) electrons. The lowest BCUT2D eigenvalue weighted by Crippen LogP contribution is -2.19. The summed E-state index contributed by atoms with van der Waals surface area (Å²) in [5, 5.41) is 7.67. The molecule has 96 valence electrons. The molecule has 0 fully saturated rings. The first-order chi connectivity index (χ1) is 8.74. The molecule has 2 rings (SSSR count). The number of likely N-dealkylation sites (N-methyl/N-ethyl adjacent to an activating group) is 1. The molecule has 1 N–H and O–H groups in total. The highest BCUT2D eigenvalue weighted by Gasteiger charge is 2.13. The Morgan fingerprint density at radius 2 is 2.22 bits per heavy atom. The second-order valence-electron chi connectivity index (χ2n) is 4.48. The third kappa shape index (κ3) is 2.76. The largest absolute Gasteiger partial charge is 0.313 e. The van der Waals surface area contributed by atoms with Crippen LogP contribution in [0.15, 0.2) is 30.9 Å². The first-order valence-corrected chi connectivity index (χ1v) is 6.33. The van der Waals surface area contributed by atoms with E-state index in [1.54, 1.807) is 0 Å². The van der Waals surface area contributed by atoms with Crippen LogP contribution >= 0.6 is 0 Å². The number of hydrogen-bond donors (Lipinski definition) is 1. The van der Waals surface area contributed by atoms with Gasteiger partial charge in [-0.05, 0) is 50.1 Å². The molecule has 2 aromatic rings. The van der Waals surface area contributed by atoms with Crippen LogP contribution in [0.2, 0.25) is 0 Å². The lowest BCUT2D eigenvalue weighted by atomic mass is 9.99. The molecule has 2 aromatic heterocycles. The molecule has 4 nitrogen and oxygen atoms in total. The minimum Gasteiger partial charge on any atom is -0.313 e. The Kier molecular flexibility index (Phi) is 4.10. The van der Waals surface area contributed by atoms with E-state index in [4.69, 9.17) is 0 Å². The lowest BCUT2D eigenvalue weighted by Gasteiger charge is -2.17.